The van der Waals surface area contributed by atoms with Crippen LogP contribution in [0.1, 0.15) is 5.56 Å². The lowest BCUT2D eigenvalue weighted by Gasteiger charge is -2.36. The first-order valence-corrected chi connectivity index (χ1v) is 11.9. The zero-order valence-electron chi connectivity index (χ0n) is 17.1. The van der Waals surface area contributed by atoms with E-state index >= 15 is 0 Å². The van der Waals surface area contributed by atoms with Gasteiger partial charge in [-0.1, -0.05) is 29.8 Å². The highest BCUT2D eigenvalue weighted by Gasteiger charge is 2.30. The summed E-state index contributed by atoms with van der Waals surface area (Å²) in [6, 6.07) is 14.0. The Kier molecular flexibility index (Phi) is 6.33. The van der Waals surface area contributed by atoms with Gasteiger partial charge in [0.25, 0.3) is 10.0 Å². The van der Waals surface area contributed by atoms with Crippen molar-refractivity contribution in [3.63, 3.8) is 0 Å². The molecule has 9 nitrogen and oxygen atoms in total. The maximum absolute atomic E-state index is 12.5. The van der Waals surface area contributed by atoms with Crippen molar-refractivity contribution in [2.75, 3.05) is 44.2 Å². The molecule has 2 aliphatic rings. The van der Waals surface area contributed by atoms with Crippen molar-refractivity contribution in [3.05, 3.63) is 59.1 Å². The summed E-state index contributed by atoms with van der Waals surface area (Å²) in [5.74, 6) is -0.519. The van der Waals surface area contributed by atoms with Gasteiger partial charge in [-0.2, -0.15) is 0 Å². The Morgan fingerprint density at radius 1 is 1.06 bits per heavy atom. The Bertz CT molecular complexity index is 1180. The molecule has 1 fully saturated rings. The Labute approximate surface area is 191 Å². The van der Waals surface area contributed by atoms with Gasteiger partial charge in [0.1, 0.15) is 12.4 Å². The largest absolute Gasteiger partial charge is 0.368 e. The molecule has 0 unspecified atom stereocenters. The number of halogens is 1. The molecule has 2 heterocycles. The first-order chi connectivity index (χ1) is 15.3. The van der Waals surface area contributed by atoms with Crippen LogP contribution in [0.4, 0.5) is 5.69 Å². The lowest BCUT2D eigenvalue weighted by atomic mass is 10.2. The number of rotatable bonds is 5. The third-order valence-corrected chi connectivity index (χ3v) is 6.92. The standard InChI is InChI=1S/C21H22ClN5O4S/c22-15-4-3-5-16(12-15)26-8-10-27(11-9-26)20(29)14-23-19(28)13-24-21-17-6-1-2-7-18(17)32(30,31)25-21/h1-7,12H,8-11,13-14H2,(H,23,28)(H,24,25). The average molecular weight is 476 g/mol. The molecule has 168 valence electrons. The van der Waals surface area contributed by atoms with Crippen molar-refractivity contribution in [1.29, 1.82) is 0 Å². The van der Waals surface area contributed by atoms with Crippen molar-refractivity contribution >= 4 is 45.0 Å². The van der Waals surface area contributed by atoms with Crippen LogP contribution in [0.5, 0.6) is 0 Å². The molecule has 0 bridgehead atoms. The Balaban J connectivity index is 1.25. The fourth-order valence-electron chi connectivity index (χ4n) is 3.63. The number of fused-ring (bicyclic) bond motifs is 1. The van der Waals surface area contributed by atoms with Gasteiger partial charge in [0.05, 0.1) is 11.4 Å². The van der Waals surface area contributed by atoms with Crippen LogP contribution in [0.15, 0.2) is 58.4 Å². The number of anilines is 1. The summed E-state index contributed by atoms with van der Waals surface area (Å²) in [6.07, 6.45) is 0. The van der Waals surface area contributed by atoms with Crippen LogP contribution in [0, 0.1) is 0 Å². The Hall–Kier alpha value is -3.11. The van der Waals surface area contributed by atoms with Crippen LogP contribution < -0.4 is 14.9 Å². The molecular weight excluding hydrogens is 454 g/mol. The highest BCUT2D eigenvalue weighted by atomic mass is 35.5. The van der Waals surface area contributed by atoms with Crippen LogP contribution in [0.3, 0.4) is 0 Å². The predicted molar refractivity (Wildman–Crippen MR) is 121 cm³/mol. The van der Waals surface area contributed by atoms with Gasteiger partial charge in [0, 0.05) is 42.5 Å². The number of nitrogens with one attached hydrogen (secondary N) is 2. The van der Waals surface area contributed by atoms with Crippen molar-refractivity contribution in [2.24, 2.45) is 4.99 Å². The first-order valence-electron chi connectivity index (χ1n) is 10.1. The van der Waals surface area contributed by atoms with Gasteiger partial charge < -0.3 is 15.1 Å². The fourth-order valence-corrected chi connectivity index (χ4v) is 5.07. The maximum atomic E-state index is 12.5. The summed E-state index contributed by atoms with van der Waals surface area (Å²) in [5, 5.41) is 3.22. The summed E-state index contributed by atoms with van der Waals surface area (Å²) >= 11 is 6.05. The second-order valence-corrected chi connectivity index (χ2v) is 9.48. The van der Waals surface area contributed by atoms with Gasteiger partial charge in [-0.3, -0.25) is 19.3 Å². The van der Waals surface area contributed by atoms with Crippen LogP contribution in [-0.2, 0) is 19.6 Å². The third-order valence-electron chi connectivity index (χ3n) is 5.29. The summed E-state index contributed by atoms with van der Waals surface area (Å²) in [6.45, 7) is 2.01. The van der Waals surface area contributed by atoms with Crippen LogP contribution in [0.25, 0.3) is 0 Å². The zero-order valence-corrected chi connectivity index (χ0v) is 18.7. The number of hydrogen-bond donors (Lipinski definition) is 2. The topological polar surface area (TPSA) is 111 Å². The number of amides is 2. The molecule has 2 aromatic carbocycles. The quantitative estimate of drug-likeness (QED) is 0.665. The molecule has 2 N–H and O–H groups in total. The lowest BCUT2D eigenvalue weighted by molar-refractivity contribution is -0.132. The molecule has 32 heavy (non-hydrogen) atoms. The minimum Gasteiger partial charge on any atom is -0.368 e. The molecule has 0 spiro atoms. The number of sulfonamides is 1. The van der Waals surface area contributed by atoms with Crippen molar-refractivity contribution < 1.29 is 18.0 Å². The highest BCUT2D eigenvalue weighted by molar-refractivity contribution is 7.90. The second-order valence-electron chi connectivity index (χ2n) is 7.39. The molecule has 0 aliphatic carbocycles. The fraction of sp³-hybridized carbons (Fsp3) is 0.286. The van der Waals surface area contributed by atoms with Crippen LogP contribution in [-0.4, -0.2) is 70.2 Å². The molecule has 0 saturated carbocycles. The van der Waals surface area contributed by atoms with Gasteiger partial charge in [-0.05, 0) is 30.3 Å². The number of hydrogen-bond acceptors (Lipinski definition) is 6. The average Bonchev–Trinajstić information content (AvgIpc) is 3.06. The Morgan fingerprint density at radius 2 is 1.81 bits per heavy atom. The molecule has 0 aromatic heterocycles. The smallest absolute Gasteiger partial charge is 0.263 e. The number of piperazine rings is 1. The molecule has 2 amide bonds. The molecule has 4 rings (SSSR count). The van der Waals surface area contributed by atoms with E-state index in [1.807, 2.05) is 24.3 Å². The number of amidine groups is 1. The SMILES string of the molecule is O=C(CN=C1NS(=O)(=O)c2ccccc21)NCC(=O)N1CCN(c2cccc(Cl)c2)CC1. The lowest BCUT2D eigenvalue weighted by Crippen LogP contribution is -2.51. The minimum absolute atomic E-state index is 0.124. The van der Waals surface area contributed by atoms with Gasteiger partial charge >= 0.3 is 0 Å². The van der Waals surface area contributed by atoms with Crippen molar-refractivity contribution in [3.8, 4) is 0 Å². The number of carbonyl (C=O) groups is 2. The number of benzene rings is 2. The third kappa shape index (κ3) is 4.86. The van der Waals surface area contributed by atoms with E-state index < -0.39 is 15.9 Å². The molecule has 2 aliphatic heterocycles. The monoisotopic (exact) mass is 475 g/mol. The van der Waals surface area contributed by atoms with Gasteiger partial charge in [0.2, 0.25) is 11.8 Å². The second kappa shape index (κ2) is 9.17. The zero-order chi connectivity index (χ0) is 22.7. The first kappa shape index (κ1) is 22.1. The van der Waals surface area contributed by atoms with E-state index in [9.17, 15) is 18.0 Å². The van der Waals surface area contributed by atoms with E-state index in [1.165, 1.54) is 6.07 Å². The number of carbonyl (C=O) groups excluding carboxylic acids is 2. The number of aliphatic imine (C=N–C) groups is 1. The van der Waals surface area contributed by atoms with E-state index in [0.29, 0.717) is 36.8 Å². The van der Waals surface area contributed by atoms with Crippen molar-refractivity contribution in [1.82, 2.24) is 14.9 Å². The molecule has 11 heteroatoms. The van der Waals surface area contributed by atoms with E-state index in [1.54, 1.807) is 23.1 Å². The summed E-state index contributed by atoms with van der Waals surface area (Å²) in [4.78, 5) is 32.7. The predicted octanol–water partition coefficient (Wildman–Crippen LogP) is 0.843. The molecule has 0 atom stereocenters. The Morgan fingerprint density at radius 3 is 2.56 bits per heavy atom. The van der Waals surface area contributed by atoms with Gasteiger partial charge in [-0.25, -0.2) is 8.42 Å². The summed E-state index contributed by atoms with van der Waals surface area (Å²) < 4.78 is 26.5. The molecule has 2 aromatic rings. The minimum atomic E-state index is -3.65. The normalized spacial score (nSPS) is 18.2. The van der Waals surface area contributed by atoms with E-state index in [0.717, 1.165) is 5.69 Å². The van der Waals surface area contributed by atoms with Crippen LogP contribution in [0.2, 0.25) is 5.02 Å². The van der Waals surface area contributed by atoms with Gasteiger partial charge in [0.15, 0.2) is 0 Å². The van der Waals surface area contributed by atoms with E-state index in [-0.39, 0.29) is 29.7 Å². The van der Waals surface area contributed by atoms with E-state index in [2.05, 4.69) is 19.9 Å². The van der Waals surface area contributed by atoms with Crippen molar-refractivity contribution in [2.45, 2.75) is 4.90 Å². The molecule has 1 saturated heterocycles. The molecular formula is C21H22ClN5O4S. The number of nitrogens with zero attached hydrogens (tertiary/aromatic N) is 3. The maximum Gasteiger partial charge on any atom is 0.263 e. The van der Waals surface area contributed by atoms with Crippen LogP contribution >= 0.6 is 11.6 Å². The summed E-state index contributed by atoms with van der Waals surface area (Å²) in [7, 11) is -3.65. The highest BCUT2D eigenvalue weighted by Crippen LogP contribution is 2.22. The molecule has 0 radical (unpaired) electrons. The summed E-state index contributed by atoms with van der Waals surface area (Å²) in [5.41, 5.74) is 1.44. The van der Waals surface area contributed by atoms with Gasteiger partial charge in [-0.15, -0.1) is 0 Å². The van der Waals surface area contributed by atoms with E-state index in [4.69, 9.17) is 11.6 Å².